The van der Waals surface area contributed by atoms with Gasteiger partial charge in [0.15, 0.2) is 14.5 Å². The van der Waals surface area contributed by atoms with Gasteiger partial charge < -0.3 is 13.9 Å². The van der Waals surface area contributed by atoms with E-state index in [1.54, 1.807) is 7.11 Å². The van der Waals surface area contributed by atoms with Crippen molar-refractivity contribution in [2.75, 3.05) is 26.8 Å². The van der Waals surface area contributed by atoms with Crippen LogP contribution in [-0.4, -0.2) is 68.0 Å². The quantitative estimate of drug-likeness (QED) is 0.0405. The van der Waals surface area contributed by atoms with Crippen LogP contribution >= 0.6 is 0 Å². The molecule has 0 spiro atoms. The van der Waals surface area contributed by atoms with E-state index in [0.717, 1.165) is 25.9 Å². The molecular formula is C48H93N3O6Si. The van der Waals surface area contributed by atoms with Gasteiger partial charge in [0.25, 0.3) is 5.56 Å². The largest absolute Gasteiger partial charge is 0.408 e. The molecule has 1 N–H and O–H groups in total. The first-order valence-corrected chi connectivity index (χ1v) is 27.4. The molecule has 0 aliphatic carbocycles. The van der Waals surface area contributed by atoms with Gasteiger partial charge in [0.1, 0.15) is 18.3 Å². The fraction of sp³-hybridized carbons (Fsp3) is 0.917. The average molecular weight is 836 g/mol. The Balaban J connectivity index is 1.93. The molecule has 58 heavy (non-hydrogen) atoms. The second-order valence-electron chi connectivity index (χ2n) is 19.0. The van der Waals surface area contributed by atoms with Crippen LogP contribution in [0.25, 0.3) is 0 Å². The maximum atomic E-state index is 12.9. The summed E-state index contributed by atoms with van der Waals surface area (Å²) in [4.78, 5) is 33.9. The van der Waals surface area contributed by atoms with Gasteiger partial charge >= 0.3 is 5.69 Å². The van der Waals surface area contributed by atoms with Crippen LogP contribution in [0.1, 0.15) is 221 Å². The van der Waals surface area contributed by atoms with Gasteiger partial charge in [-0.25, -0.2) is 4.79 Å². The minimum Gasteiger partial charge on any atom is -0.408 e. The van der Waals surface area contributed by atoms with Gasteiger partial charge in [-0.3, -0.25) is 19.2 Å². The number of hydroxylamine groups is 2. The van der Waals surface area contributed by atoms with Crippen molar-refractivity contribution in [3.05, 3.63) is 33.1 Å². The van der Waals surface area contributed by atoms with Crippen molar-refractivity contribution >= 4 is 8.32 Å². The molecule has 2 heterocycles. The van der Waals surface area contributed by atoms with Crippen molar-refractivity contribution in [3.8, 4) is 0 Å². The van der Waals surface area contributed by atoms with Gasteiger partial charge in [0.05, 0.1) is 6.61 Å². The smallest absolute Gasteiger partial charge is 0.330 e. The maximum absolute atomic E-state index is 12.9. The highest BCUT2D eigenvalue weighted by molar-refractivity contribution is 6.74. The van der Waals surface area contributed by atoms with Gasteiger partial charge in [0.2, 0.25) is 0 Å². The molecule has 4 atom stereocenters. The molecule has 1 aromatic rings. The number of methoxy groups -OCH3 is 1. The van der Waals surface area contributed by atoms with E-state index in [9.17, 15) is 9.59 Å². The fourth-order valence-corrected chi connectivity index (χ4v) is 9.31. The highest BCUT2D eigenvalue weighted by Gasteiger charge is 2.51. The second kappa shape index (κ2) is 31.5. The molecule has 340 valence electrons. The third kappa shape index (κ3) is 22.0. The molecule has 2 unspecified atom stereocenters. The van der Waals surface area contributed by atoms with Crippen molar-refractivity contribution in [3.63, 3.8) is 0 Å². The predicted octanol–water partition coefficient (Wildman–Crippen LogP) is 13.0. The lowest BCUT2D eigenvalue weighted by Crippen LogP contribution is -2.50. The molecule has 0 saturated carbocycles. The van der Waals surface area contributed by atoms with Crippen molar-refractivity contribution in [1.29, 1.82) is 0 Å². The van der Waals surface area contributed by atoms with Crippen LogP contribution in [0, 0.1) is 0 Å². The molecule has 0 amide bonds. The molecule has 2 rings (SSSR count). The Morgan fingerprint density at radius 3 is 1.41 bits per heavy atom. The summed E-state index contributed by atoms with van der Waals surface area (Å²) < 4.78 is 21.1. The van der Waals surface area contributed by atoms with Gasteiger partial charge in [0, 0.05) is 32.5 Å². The highest BCUT2D eigenvalue weighted by atomic mass is 28.4. The average Bonchev–Trinajstić information content (AvgIpc) is 3.51. The topological polar surface area (TPSA) is 95.0 Å². The summed E-state index contributed by atoms with van der Waals surface area (Å²) in [6.45, 7) is 17.8. The molecule has 1 aliphatic rings. The molecule has 0 bridgehead atoms. The van der Waals surface area contributed by atoms with Crippen LogP contribution in [0.3, 0.4) is 0 Å². The van der Waals surface area contributed by atoms with E-state index in [4.69, 9.17) is 18.7 Å². The molecule has 1 saturated heterocycles. The zero-order valence-electron chi connectivity index (χ0n) is 39.2. The number of hydrogen-bond donors (Lipinski definition) is 1. The monoisotopic (exact) mass is 836 g/mol. The first kappa shape index (κ1) is 52.8. The van der Waals surface area contributed by atoms with E-state index in [2.05, 4.69) is 57.8 Å². The number of H-pyrrole nitrogens is 1. The fourth-order valence-electron chi connectivity index (χ4n) is 7.99. The SMILES string of the molecule is CCCCCCCCCCCCCCCCN(CCCCCCCCCCCCCCCC)OC[C@H]1O[C@@H](n2ccc(=O)[nH]c2=O)C(OC)C1O[Si](C)(C)C(C)(C)C. The molecule has 0 aromatic carbocycles. The van der Waals surface area contributed by atoms with Crippen molar-refractivity contribution in [2.24, 2.45) is 0 Å². The van der Waals surface area contributed by atoms with E-state index in [1.165, 1.54) is 184 Å². The number of rotatable bonds is 37. The van der Waals surface area contributed by atoms with Gasteiger partial charge in [-0.1, -0.05) is 202 Å². The summed E-state index contributed by atoms with van der Waals surface area (Å²) in [6.07, 6.45) is 37.0. The van der Waals surface area contributed by atoms with E-state index in [-0.39, 0.29) is 5.04 Å². The minimum absolute atomic E-state index is 0.0303. The minimum atomic E-state index is -2.26. The molecule has 1 aromatic heterocycles. The van der Waals surface area contributed by atoms with E-state index in [0.29, 0.717) is 6.61 Å². The standard InChI is InChI=1S/C48H93N3O6Si/c1-9-11-13-15-17-19-21-23-25-27-29-31-33-35-38-50(39-36-34-32-30-28-26-24-22-20-18-16-14-12-10-2)55-41-42-44(57-58(7,8)48(3,4)5)45(54-6)46(56-42)51-40-37-43(52)49-47(51)53/h37,40,42,44-46H,9-36,38-39,41H2,1-8H3,(H,49,52,53)/t42-,44?,45?,46-/m1/s1. The molecular weight excluding hydrogens is 743 g/mol. The van der Waals surface area contributed by atoms with E-state index in [1.807, 2.05) is 0 Å². The molecule has 10 heteroatoms. The van der Waals surface area contributed by atoms with Crippen molar-refractivity contribution in [2.45, 2.75) is 257 Å². The van der Waals surface area contributed by atoms with Crippen LogP contribution in [-0.2, 0) is 18.7 Å². The zero-order chi connectivity index (χ0) is 42.5. The molecule has 1 fully saturated rings. The summed E-state index contributed by atoms with van der Waals surface area (Å²) in [7, 11) is -0.621. The van der Waals surface area contributed by atoms with Gasteiger partial charge in [-0.05, 0) is 31.0 Å². The maximum Gasteiger partial charge on any atom is 0.330 e. The summed E-state index contributed by atoms with van der Waals surface area (Å²) >= 11 is 0. The lowest BCUT2D eigenvalue weighted by atomic mass is 10.0. The zero-order valence-corrected chi connectivity index (χ0v) is 40.2. The van der Waals surface area contributed by atoms with Crippen molar-refractivity contribution in [1.82, 2.24) is 14.6 Å². The van der Waals surface area contributed by atoms with Crippen LogP contribution in [0.2, 0.25) is 18.1 Å². The number of hydrogen-bond acceptors (Lipinski definition) is 7. The highest BCUT2D eigenvalue weighted by Crippen LogP contribution is 2.42. The predicted molar refractivity (Wildman–Crippen MR) is 246 cm³/mol. The van der Waals surface area contributed by atoms with Crippen LogP contribution in [0.5, 0.6) is 0 Å². The normalized spacial score (nSPS) is 18.8. The lowest BCUT2D eigenvalue weighted by molar-refractivity contribution is -0.193. The number of aromatic nitrogens is 2. The Bertz CT molecular complexity index is 1220. The van der Waals surface area contributed by atoms with E-state index >= 15 is 0 Å². The number of unbranched alkanes of at least 4 members (excludes halogenated alkanes) is 26. The number of nitrogens with one attached hydrogen (secondary N) is 1. The van der Waals surface area contributed by atoms with Crippen LogP contribution in [0.4, 0.5) is 0 Å². The summed E-state index contributed by atoms with van der Waals surface area (Å²) in [5, 5.41) is 2.15. The Morgan fingerprint density at radius 2 is 1.05 bits per heavy atom. The Hall–Kier alpha value is -1.30. The first-order chi connectivity index (χ1) is 27.9. The number of nitrogens with zero attached hydrogens (tertiary/aromatic N) is 2. The second-order valence-corrected chi connectivity index (χ2v) is 23.8. The summed E-state index contributed by atoms with van der Waals surface area (Å²) in [5.41, 5.74) is -0.964. The molecule has 9 nitrogen and oxygen atoms in total. The van der Waals surface area contributed by atoms with Crippen molar-refractivity contribution < 1.29 is 18.7 Å². The van der Waals surface area contributed by atoms with Gasteiger partial charge in [-0.15, -0.1) is 0 Å². The van der Waals surface area contributed by atoms with Gasteiger partial charge in [-0.2, -0.15) is 5.06 Å². The third-order valence-electron chi connectivity index (χ3n) is 12.9. The third-order valence-corrected chi connectivity index (χ3v) is 17.3. The summed E-state index contributed by atoms with van der Waals surface area (Å²) in [5.74, 6) is 0. The molecule has 1 aliphatic heterocycles. The first-order valence-electron chi connectivity index (χ1n) is 24.5. The summed E-state index contributed by atoms with van der Waals surface area (Å²) in [6, 6.07) is 1.35. The molecule has 0 radical (unpaired) electrons. The Morgan fingerprint density at radius 1 is 0.655 bits per heavy atom. The number of aromatic amines is 1. The van der Waals surface area contributed by atoms with Crippen LogP contribution < -0.4 is 11.2 Å². The Kier molecular flexibility index (Phi) is 28.7. The lowest BCUT2D eigenvalue weighted by Gasteiger charge is -2.40. The van der Waals surface area contributed by atoms with E-state index < -0.39 is 44.1 Å². The number of ether oxygens (including phenoxy) is 2. The van der Waals surface area contributed by atoms with Crippen LogP contribution in [0.15, 0.2) is 21.9 Å². The Labute approximate surface area is 357 Å².